The first kappa shape index (κ1) is 13.3. The zero-order valence-corrected chi connectivity index (χ0v) is 10.9. The van der Waals surface area contributed by atoms with Crippen molar-refractivity contribution in [3.63, 3.8) is 0 Å². The minimum absolute atomic E-state index is 0.276. The first-order valence-corrected chi connectivity index (χ1v) is 6.00. The van der Waals surface area contributed by atoms with Gasteiger partial charge < -0.3 is 9.80 Å². The van der Waals surface area contributed by atoms with E-state index in [-0.39, 0.29) is 6.04 Å². The average molecular weight is 227 g/mol. The summed E-state index contributed by atoms with van der Waals surface area (Å²) in [7, 11) is 4.29. The summed E-state index contributed by atoms with van der Waals surface area (Å²) in [6.45, 7) is 6.17. The monoisotopic (exact) mass is 227 g/mol. The van der Waals surface area contributed by atoms with Gasteiger partial charge in [0.2, 0.25) is 5.96 Å². The summed E-state index contributed by atoms with van der Waals surface area (Å²) >= 11 is 0. The molecule has 0 amide bonds. The topological polar surface area (TPSA) is 56.9 Å². The number of nitrogens with two attached hydrogens (primary N) is 1. The highest BCUT2D eigenvalue weighted by Gasteiger charge is 2.22. The smallest absolute Gasteiger partial charge is 0.208 e. The van der Waals surface area contributed by atoms with Crippen molar-refractivity contribution in [1.82, 2.24) is 15.2 Å². The van der Waals surface area contributed by atoms with Gasteiger partial charge in [0.1, 0.15) is 0 Å². The molecule has 94 valence electrons. The van der Waals surface area contributed by atoms with Crippen LogP contribution in [0.5, 0.6) is 0 Å². The van der Waals surface area contributed by atoms with Crippen LogP contribution < -0.4 is 11.3 Å². The first-order chi connectivity index (χ1) is 7.54. The Bertz CT molecular complexity index is 229. The number of rotatable bonds is 2. The van der Waals surface area contributed by atoms with Crippen LogP contribution in [-0.4, -0.2) is 55.0 Å². The van der Waals surface area contributed by atoms with Crippen molar-refractivity contribution >= 4 is 5.96 Å². The molecule has 0 aromatic rings. The summed E-state index contributed by atoms with van der Waals surface area (Å²) < 4.78 is 0. The van der Waals surface area contributed by atoms with Crippen LogP contribution in [0.25, 0.3) is 0 Å². The Morgan fingerprint density at radius 1 is 1.38 bits per heavy atom. The molecular formula is C11H25N5. The van der Waals surface area contributed by atoms with E-state index < -0.39 is 0 Å². The molecule has 1 saturated heterocycles. The molecule has 0 aromatic carbocycles. The number of nitrogens with zero attached hydrogens (tertiary/aromatic N) is 3. The maximum atomic E-state index is 5.51. The first-order valence-electron chi connectivity index (χ1n) is 6.00. The second-order valence-electron chi connectivity index (χ2n) is 4.87. The third kappa shape index (κ3) is 3.64. The third-order valence-corrected chi connectivity index (χ3v) is 3.00. The molecular weight excluding hydrogens is 202 g/mol. The van der Waals surface area contributed by atoms with Crippen molar-refractivity contribution < 1.29 is 0 Å². The van der Waals surface area contributed by atoms with Crippen LogP contribution in [-0.2, 0) is 0 Å². The Kier molecular flexibility index (Phi) is 5.02. The molecule has 5 heteroatoms. The Balaban J connectivity index is 2.51. The minimum Gasteiger partial charge on any atom is -0.342 e. The molecule has 1 aliphatic heterocycles. The van der Waals surface area contributed by atoms with E-state index in [2.05, 4.69) is 48.2 Å². The molecule has 1 aliphatic rings. The van der Waals surface area contributed by atoms with Gasteiger partial charge in [0.25, 0.3) is 0 Å². The van der Waals surface area contributed by atoms with Gasteiger partial charge in [-0.2, -0.15) is 0 Å². The molecule has 0 radical (unpaired) electrons. The Morgan fingerprint density at radius 2 is 1.94 bits per heavy atom. The zero-order valence-electron chi connectivity index (χ0n) is 10.9. The van der Waals surface area contributed by atoms with Crippen molar-refractivity contribution in [3.05, 3.63) is 0 Å². The van der Waals surface area contributed by atoms with E-state index in [9.17, 15) is 0 Å². The van der Waals surface area contributed by atoms with E-state index in [4.69, 9.17) is 5.84 Å². The van der Waals surface area contributed by atoms with Crippen LogP contribution in [0.4, 0.5) is 0 Å². The molecule has 3 N–H and O–H groups in total. The van der Waals surface area contributed by atoms with Crippen LogP contribution >= 0.6 is 0 Å². The average Bonchev–Trinajstić information content (AvgIpc) is 2.25. The summed E-state index contributed by atoms with van der Waals surface area (Å²) in [5.74, 6) is 6.34. The second-order valence-corrected chi connectivity index (χ2v) is 4.87. The molecule has 1 heterocycles. The summed E-state index contributed by atoms with van der Waals surface area (Å²) in [5.41, 5.74) is 2.71. The molecule has 0 atom stereocenters. The molecule has 0 unspecified atom stereocenters. The van der Waals surface area contributed by atoms with Gasteiger partial charge in [0, 0.05) is 25.2 Å². The van der Waals surface area contributed by atoms with Crippen molar-refractivity contribution in [2.45, 2.75) is 38.8 Å². The van der Waals surface area contributed by atoms with Gasteiger partial charge in [-0.3, -0.25) is 5.43 Å². The minimum atomic E-state index is 0.276. The van der Waals surface area contributed by atoms with Crippen molar-refractivity contribution in [1.29, 1.82) is 0 Å². The van der Waals surface area contributed by atoms with Crippen LogP contribution in [0.3, 0.4) is 0 Å². The maximum absolute atomic E-state index is 5.51. The molecule has 0 aromatic heterocycles. The molecule has 1 rings (SSSR count). The van der Waals surface area contributed by atoms with E-state index in [0.717, 1.165) is 19.0 Å². The summed E-state index contributed by atoms with van der Waals surface area (Å²) in [6.07, 6.45) is 2.34. The number of piperidine rings is 1. The molecule has 0 bridgehead atoms. The van der Waals surface area contributed by atoms with Gasteiger partial charge in [-0.25, -0.2) is 10.8 Å². The number of hydrogen-bond acceptors (Lipinski definition) is 3. The van der Waals surface area contributed by atoms with Crippen molar-refractivity contribution in [2.24, 2.45) is 10.8 Å². The molecule has 1 fully saturated rings. The lowest BCUT2D eigenvalue weighted by Gasteiger charge is -2.36. The predicted molar refractivity (Wildman–Crippen MR) is 68.2 cm³/mol. The Hall–Kier alpha value is -0.810. The Morgan fingerprint density at radius 3 is 2.31 bits per heavy atom. The molecule has 0 spiro atoms. The summed E-state index contributed by atoms with van der Waals surface area (Å²) in [4.78, 5) is 9.02. The number of aliphatic imine (C=N–C) groups is 1. The number of likely N-dealkylation sites (tertiary alicyclic amines) is 1. The van der Waals surface area contributed by atoms with Crippen LogP contribution in [0, 0.1) is 0 Å². The van der Waals surface area contributed by atoms with Gasteiger partial charge in [-0.15, -0.1) is 0 Å². The van der Waals surface area contributed by atoms with Crippen LogP contribution in [0.1, 0.15) is 26.7 Å². The third-order valence-electron chi connectivity index (χ3n) is 3.00. The molecule has 0 saturated carbocycles. The van der Waals surface area contributed by atoms with E-state index in [0.29, 0.717) is 6.04 Å². The normalized spacial score (nSPS) is 19.7. The summed E-state index contributed by atoms with van der Waals surface area (Å²) in [6, 6.07) is 0.965. The fraction of sp³-hybridized carbons (Fsp3) is 0.909. The number of hydrogen-bond donors (Lipinski definition) is 2. The molecule has 16 heavy (non-hydrogen) atoms. The highest BCUT2D eigenvalue weighted by molar-refractivity contribution is 5.79. The lowest BCUT2D eigenvalue weighted by atomic mass is 10.0. The van der Waals surface area contributed by atoms with Crippen molar-refractivity contribution in [3.8, 4) is 0 Å². The fourth-order valence-electron chi connectivity index (χ4n) is 2.05. The largest absolute Gasteiger partial charge is 0.342 e. The van der Waals surface area contributed by atoms with Crippen LogP contribution in [0.2, 0.25) is 0 Å². The fourth-order valence-corrected chi connectivity index (χ4v) is 2.05. The standard InChI is InChI=1S/C11H25N5/c1-9(2)13-11(14-12)16-7-5-10(6-8-16)15(3)4/h9-10H,5-8,12H2,1-4H3,(H,13,14). The van der Waals surface area contributed by atoms with Gasteiger partial charge >= 0.3 is 0 Å². The van der Waals surface area contributed by atoms with Gasteiger partial charge in [-0.1, -0.05) is 0 Å². The predicted octanol–water partition coefficient (Wildman–Crippen LogP) is 0.240. The number of guanidine groups is 1. The molecule has 5 nitrogen and oxygen atoms in total. The van der Waals surface area contributed by atoms with Gasteiger partial charge in [0.05, 0.1) is 0 Å². The number of nitrogens with one attached hydrogen (secondary N) is 1. The quantitative estimate of drug-likeness (QED) is 0.307. The van der Waals surface area contributed by atoms with E-state index >= 15 is 0 Å². The maximum Gasteiger partial charge on any atom is 0.208 e. The molecule has 0 aliphatic carbocycles. The van der Waals surface area contributed by atoms with E-state index in [1.54, 1.807) is 0 Å². The zero-order chi connectivity index (χ0) is 12.1. The van der Waals surface area contributed by atoms with Gasteiger partial charge in [0.15, 0.2) is 0 Å². The Labute approximate surface area is 98.7 Å². The highest BCUT2D eigenvalue weighted by atomic mass is 15.4. The van der Waals surface area contributed by atoms with E-state index in [1.165, 1.54) is 12.8 Å². The lowest BCUT2D eigenvalue weighted by molar-refractivity contribution is 0.188. The van der Waals surface area contributed by atoms with Gasteiger partial charge in [-0.05, 0) is 40.8 Å². The lowest BCUT2D eigenvalue weighted by Crippen LogP contribution is -2.51. The van der Waals surface area contributed by atoms with E-state index in [1.807, 2.05) is 0 Å². The van der Waals surface area contributed by atoms with Crippen molar-refractivity contribution in [2.75, 3.05) is 27.2 Å². The van der Waals surface area contributed by atoms with Crippen LogP contribution in [0.15, 0.2) is 4.99 Å². The second kappa shape index (κ2) is 6.06. The summed E-state index contributed by atoms with van der Waals surface area (Å²) in [5, 5.41) is 0. The highest BCUT2D eigenvalue weighted by Crippen LogP contribution is 2.14. The number of hydrazine groups is 1. The SMILES string of the molecule is CC(C)N=C(NN)N1CCC(N(C)C)CC1.